The van der Waals surface area contributed by atoms with Gasteiger partial charge in [0, 0.05) is 42.3 Å². The van der Waals surface area contributed by atoms with E-state index in [1.54, 1.807) is 30.5 Å². The Morgan fingerprint density at radius 2 is 1.39 bits per heavy atom. The third kappa shape index (κ3) is 5.70. The number of carbonyl (C=O) groups is 4. The van der Waals surface area contributed by atoms with Crippen LogP contribution in [0, 0.1) is 0 Å². The van der Waals surface area contributed by atoms with Gasteiger partial charge < -0.3 is 14.8 Å². The minimum Gasteiger partial charge on any atom is -0.361 e. The zero-order chi connectivity index (χ0) is 33.0. The van der Waals surface area contributed by atoms with Crippen molar-refractivity contribution in [1.82, 2.24) is 19.7 Å². The van der Waals surface area contributed by atoms with E-state index >= 15 is 0 Å². The third-order valence-electron chi connectivity index (χ3n) is 8.23. The van der Waals surface area contributed by atoms with Gasteiger partial charge in [-0.1, -0.05) is 30.3 Å². The molecule has 0 spiro atoms. The van der Waals surface area contributed by atoms with Gasteiger partial charge in [-0.05, 0) is 48.4 Å². The quantitative estimate of drug-likeness (QED) is 0.233. The molecule has 4 aromatic rings. The van der Waals surface area contributed by atoms with Crippen molar-refractivity contribution in [2.24, 2.45) is 0 Å². The number of nitrogens with zero attached hydrogens (tertiary/aromatic N) is 3. The highest BCUT2D eigenvalue weighted by Gasteiger charge is 2.41. The summed E-state index contributed by atoms with van der Waals surface area (Å²) in [5.41, 5.74) is -2.25. The van der Waals surface area contributed by atoms with Crippen molar-refractivity contribution in [3.63, 3.8) is 0 Å². The Hall–Kier alpha value is -5.14. The first-order valence-corrected chi connectivity index (χ1v) is 14.1. The number of aromatic nitrogens is 1. The lowest BCUT2D eigenvalue weighted by Crippen LogP contribution is -2.58. The number of para-hydroxylation sites is 1. The van der Waals surface area contributed by atoms with E-state index in [0.29, 0.717) is 17.7 Å². The number of piperazine rings is 1. The summed E-state index contributed by atoms with van der Waals surface area (Å²) < 4.78 is 81.5. The van der Waals surface area contributed by atoms with Crippen LogP contribution < -0.4 is 0 Å². The fourth-order valence-electron chi connectivity index (χ4n) is 5.94. The van der Waals surface area contributed by atoms with Crippen LogP contribution in [0.15, 0.2) is 72.9 Å². The number of nitrogens with one attached hydrogen (secondary N) is 1. The van der Waals surface area contributed by atoms with Crippen molar-refractivity contribution < 1.29 is 45.5 Å². The average molecular weight is 643 g/mol. The summed E-state index contributed by atoms with van der Waals surface area (Å²) in [6.07, 6.45) is -8.51. The monoisotopic (exact) mass is 642 g/mol. The van der Waals surface area contributed by atoms with Crippen molar-refractivity contribution in [3.05, 3.63) is 106 Å². The summed E-state index contributed by atoms with van der Waals surface area (Å²) in [7, 11) is 0. The molecule has 0 radical (unpaired) electrons. The van der Waals surface area contributed by atoms with Gasteiger partial charge in [0.25, 0.3) is 17.7 Å². The molecule has 46 heavy (non-hydrogen) atoms. The van der Waals surface area contributed by atoms with Crippen LogP contribution in [0.3, 0.4) is 0 Å². The van der Waals surface area contributed by atoms with Gasteiger partial charge in [-0.2, -0.15) is 26.3 Å². The Balaban J connectivity index is 1.30. The first-order chi connectivity index (χ1) is 21.7. The van der Waals surface area contributed by atoms with Crippen LogP contribution in [0.1, 0.15) is 47.8 Å². The number of amides is 4. The second kappa shape index (κ2) is 11.3. The summed E-state index contributed by atoms with van der Waals surface area (Å²) in [6, 6.07) is 13.2. The lowest BCUT2D eigenvalue weighted by atomic mass is 9.98. The maximum absolute atomic E-state index is 13.7. The highest BCUT2D eigenvalue weighted by molar-refractivity contribution is 6.22. The second-order valence-electron chi connectivity index (χ2n) is 11.1. The van der Waals surface area contributed by atoms with Gasteiger partial charge >= 0.3 is 12.4 Å². The van der Waals surface area contributed by atoms with Crippen molar-refractivity contribution in [3.8, 4) is 0 Å². The van der Waals surface area contributed by atoms with Gasteiger partial charge in [0.15, 0.2) is 0 Å². The molecule has 3 aromatic carbocycles. The number of imide groups is 1. The molecule has 2 aliphatic rings. The van der Waals surface area contributed by atoms with Crippen molar-refractivity contribution in [2.75, 3.05) is 26.2 Å². The molecule has 1 atom stereocenters. The molecule has 3 heterocycles. The van der Waals surface area contributed by atoms with E-state index in [4.69, 9.17) is 0 Å². The number of carbonyl (C=O) groups excluding carboxylic acids is 4. The molecule has 6 rings (SSSR count). The summed E-state index contributed by atoms with van der Waals surface area (Å²) in [5, 5.41) is 0.780. The number of hydrogen-bond acceptors (Lipinski definition) is 4. The lowest BCUT2D eigenvalue weighted by molar-refractivity contribution is -0.143. The average Bonchev–Trinajstić information content (AvgIpc) is 3.53. The maximum Gasteiger partial charge on any atom is 0.416 e. The van der Waals surface area contributed by atoms with Crippen molar-refractivity contribution in [1.29, 1.82) is 0 Å². The van der Waals surface area contributed by atoms with E-state index in [1.807, 2.05) is 12.1 Å². The minimum absolute atomic E-state index is 0.0456. The number of benzene rings is 3. The molecular weight excluding hydrogens is 618 g/mol. The van der Waals surface area contributed by atoms with E-state index < -0.39 is 65.3 Å². The van der Waals surface area contributed by atoms with Gasteiger partial charge in [0.2, 0.25) is 5.91 Å². The molecule has 4 amide bonds. The number of fused-ring (bicyclic) bond motifs is 2. The van der Waals surface area contributed by atoms with E-state index in [1.165, 1.54) is 21.9 Å². The van der Waals surface area contributed by atoms with E-state index in [0.717, 1.165) is 15.8 Å². The molecule has 1 unspecified atom stereocenters. The number of hydrogen-bond donors (Lipinski definition) is 1. The molecule has 14 heteroatoms. The maximum atomic E-state index is 13.7. The number of alkyl halides is 6. The number of rotatable bonds is 5. The molecule has 8 nitrogen and oxygen atoms in total. The van der Waals surface area contributed by atoms with Gasteiger partial charge in [0.1, 0.15) is 6.54 Å². The highest BCUT2D eigenvalue weighted by Crippen LogP contribution is 2.37. The number of halogens is 6. The smallest absolute Gasteiger partial charge is 0.361 e. The van der Waals surface area contributed by atoms with Crippen LogP contribution in [0.2, 0.25) is 0 Å². The van der Waals surface area contributed by atoms with Crippen LogP contribution in [0.5, 0.6) is 0 Å². The minimum atomic E-state index is -5.14. The summed E-state index contributed by atoms with van der Waals surface area (Å²) in [5.74, 6) is -2.94. The van der Waals surface area contributed by atoms with E-state index in [9.17, 15) is 45.5 Å². The van der Waals surface area contributed by atoms with E-state index in [-0.39, 0.29) is 43.2 Å². The zero-order valence-electron chi connectivity index (χ0n) is 23.8. The first-order valence-electron chi connectivity index (χ1n) is 14.1. The second-order valence-corrected chi connectivity index (χ2v) is 11.1. The standard InChI is InChI=1S/C32H24F6N4O4/c33-31(34,35)20-11-18(12-21(14-20)32(36,37)38)28(44)41-10-9-40(16-22(41)13-19-15-39-26-8-4-3-5-23(19)26)27(43)17-42-29(45)24-6-1-2-7-25(24)30(42)46/h1-8,11-12,14-15,22,39H,9-10,13,16-17H2. The Bertz CT molecular complexity index is 1810. The molecule has 238 valence electrons. The molecule has 2 aliphatic heterocycles. The van der Waals surface area contributed by atoms with Crippen LogP contribution in [-0.2, 0) is 23.6 Å². The fraction of sp³-hybridized carbons (Fsp3) is 0.250. The SMILES string of the molecule is O=C(CN1C(=O)c2ccccc2C1=O)N1CCN(C(=O)c2cc(C(F)(F)F)cc(C(F)(F)F)c2)C(Cc2c[nH]c3ccccc23)C1. The Morgan fingerprint density at radius 3 is 2.00 bits per heavy atom. The predicted molar refractivity (Wildman–Crippen MR) is 152 cm³/mol. The van der Waals surface area contributed by atoms with Crippen LogP contribution in [0.4, 0.5) is 26.3 Å². The Kier molecular flexibility index (Phi) is 7.61. The molecule has 1 fully saturated rings. The third-order valence-corrected chi connectivity index (χ3v) is 8.23. The van der Waals surface area contributed by atoms with Crippen molar-refractivity contribution >= 4 is 34.5 Å². The van der Waals surface area contributed by atoms with Gasteiger partial charge in [-0.3, -0.25) is 24.1 Å². The topological polar surface area (TPSA) is 93.8 Å². The highest BCUT2D eigenvalue weighted by atomic mass is 19.4. The first kappa shape index (κ1) is 30.9. The normalized spacial score (nSPS) is 17.2. The largest absolute Gasteiger partial charge is 0.416 e. The Morgan fingerprint density at radius 1 is 0.804 bits per heavy atom. The molecule has 0 saturated carbocycles. The van der Waals surface area contributed by atoms with Gasteiger partial charge in [-0.15, -0.1) is 0 Å². The molecule has 0 aliphatic carbocycles. The predicted octanol–water partition coefficient (Wildman–Crippen LogP) is 5.40. The number of H-pyrrole nitrogens is 1. The van der Waals surface area contributed by atoms with Gasteiger partial charge in [0.05, 0.1) is 28.3 Å². The number of aromatic amines is 1. The van der Waals surface area contributed by atoms with Crippen LogP contribution >= 0.6 is 0 Å². The van der Waals surface area contributed by atoms with Crippen LogP contribution in [0.25, 0.3) is 10.9 Å². The summed E-state index contributed by atoms with van der Waals surface area (Å²) >= 11 is 0. The van der Waals surface area contributed by atoms with Crippen LogP contribution in [-0.4, -0.2) is 75.5 Å². The zero-order valence-corrected chi connectivity index (χ0v) is 23.8. The van der Waals surface area contributed by atoms with Gasteiger partial charge in [-0.25, -0.2) is 0 Å². The Labute approximate surface area is 257 Å². The molecule has 1 saturated heterocycles. The summed E-state index contributed by atoms with van der Waals surface area (Å²) in [4.78, 5) is 59.2. The van der Waals surface area contributed by atoms with Crippen molar-refractivity contribution in [2.45, 2.75) is 24.8 Å². The van der Waals surface area contributed by atoms with E-state index in [2.05, 4.69) is 4.98 Å². The fourth-order valence-corrected chi connectivity index (χ4v) is 5.94. The lowest BCUT2D eigenvalue weighted by Gasteiger charge is -2.42. The summed E-state index contributed by atoms with van der Waals surface area (Å²) in [6.45, 7) is -1.10. The molecule has 1 N–H and O–H groups in total. The molecule has 1 aromatic heterocycles. The molecular formula is C32H24F6N4O4. The molecule has 0 bridgehead atoms.